The number of hydrogen-bond acceptors (Lipinski definition) is 4. The molecule has 4 rings (SSSR count). The standard InChI is InChI=1S/C23H26N2O4/c1-15(2)16-3-6-19(7-4-16)24-22(26)17-9-11-25(12-10-17)23(27)18-5-8-20-21(13-18)29-14-28-20/h3-8,13,15,17H,9-12,14H2,1-2H3,(H,24,26). The normalized spacial score (nSPS) is 16.2. The van der Waals surface area contributed by atoms with E-state index >= 15 is 0 Å². The van der Waals surface area contributed by atoms with Gasteiger partial charge < -0.3 is 19.7 Å². The lowest BCUT2D eigenvalue weighted by Crippen LogP contribution is -2.41. The molecular weight excluding hydrogens is 368 g/mol. The maximum absolute atomic E-state index is 12.8. The highest BCUT2D eigenvalue weighted by Crippen LogP contribution is 2.33. The van der Waals surface area contributed by atoms with Crippen LogP contribution in [0.2, 0.25) is 0 Å². The lowest BCUT2D eigenvalue weighted by Gasteiger charge is -2.31. The Hall–Kier alpha value is -3.02. The Kier molecular flexibility index (Phi) is 5.43. The lowest BCUT2D eigenvalue weighted by molar-refractivity contribution is -0.121. The Bertz CT molecular complexity index is 900. The van der Waals surface area contributed by atoms with E-state index in [-0.39, 0.29) is 24.5 Å². The van der Waals surface area contributed by atoms with E-state index in [1.54, 1.807) is 23.1 Å². The van der Waals surface area contributed by atoms with Gasteiger partial charge in [-0.2, -0.15) is 0 Å². The fraction of sp³-hybridized carbons (Fsp3) is 0.391. The molecule has 1 N–H and O–H groups in total. The lowest BCUT2D eigenvalue weighted by atomic mass is 9.95. The third-order valence-corrected chi connectivity index (χ3v) is 5.62. The van der Waals surface area contributed by atoms with Crippen LogP contribution in [0, 0.1) is 5.92 Å². The van der Waals surface area contributed by atoms with Crippen molar-refractivity contribution in [3.05, 3.63) is 53.6 Å². The smallest absolute Gasteiger partial charge is 0.253 e. The largest absolute Gasteiger partial charge is 0.454 e. The Morgan fingerprint density at radius 1 is 1.00 bits per heavy atom. The maximum atomic E-state index is 12.8. The van der Waals surface area contributed by atoms with E-state index in [0.29, 0.717) is 48.9 Å². The summed E-state index contributed by atoms with van der Waals surface area (Å²) in [6.45, 7) is 5.61. The summed E-state index contributed by atoms with van der Waals surface area (Å²) in [7, 11) is 0. The molecule has 1 saturated heterocycles. The molecule has 6 nitrogen and oxygen atoms in total. The SMILES string of the molecule is CC(C)c1ccc(NC(=O)C2CCN(C(=O)c3ccc4c(c3)OCO4)CC2)cc1. The zero-order valence-corrected chi connectivity index (χ0v) is 16.8. The fourth-order valence-electron chi connectivity index (χ4n) is 3.75. The van der Waals surface area contributed by atoms with Crippen LogP contribution in [0.15, 0.2) is 42.5 Å². The Balaban J connectivity index is 1.31. The first kappa shape index (κ1) is 19.3. The molecule has 0 saturated carbocycles. The van der Waals surface area contributed by atoms with E-state index in [2.05, 4.69) is 19.2 Å². The summed E-state index contributed by atoms with van der Waals surface area (Å²) in [5, 5.41) is 3.01. The molecule has 0 unspecified atom stereocenters. The first-order valence-electron chi connectivity index (χ1n) is 10.1. The maximum Gasteiger partial charge on any atom is 0.253 e. The number of fused-ring (bicyclic) bond motifs is 1. The van der Waals surface area contributed by atoms with E-state index in [1.165, 1.54) is 5.56 Å². The van der Waals surface area contributed by atoms with Gasteiger partial charge in [0.25, 0.3) is 5.91 Å². The molecule has 29 heavy (non-hydrogen) atoms. The monoisotopic (exact) mass is 394 g/mol. The summed E-state index contributed by atoms with van der Waals surface area (Å²) in [5.74, 6) is 1.64. The van der Waals surface area contributed by atoms with Gasteiger partial charge in [-0.05, 0) is 54.7 Å². The summed E-state index contributed by atoms with van der Waals surface area (Å²) in [6.07, 6.45) is 1.32. The quantitative estimate of drug-likeness (QED) is 0.850. The molecule has 152 valence electrons. The van der Waals surface area contributed by atoms with Crippen molar-refractivity contribution in [2.75, 3.05) is 25.2 Å². The Morgan fingerprint density at radius 2 is 1.69 bits per heavy atom. The summed E-state index contributed by atoms with van der Waals surface area (Å²) in [4.78, 5) is 27.2. The van der Waals surface area contributed by atoms with E-state index in [9.17, 15) is 9.59 Å². The fourth-order valence-corrected chi connectivity index (χ4v) is 3.75. The molecule has 2 amide bonds. The van der Waals surface area contributed by atoms with Gasteiger partial charge in [-0.15, -0.1) is 0 Å². The average Bonchev–Trinajstić information content (AvgIpc) is 3.21. The van der Waals surface area contributed by atoms with Gasteiger partial charge in [0.05, 0.1) is 0 Å². The average molecular weight is 394 g/mol. The molecular formula is C23H26N2O4. The first-order chi connectivity index (χ1) is 14.0. The summed E-state index contributed by atoms with van der Waals surface area (Å²) < 4.78 is 10.7. The topological polar surface area (TPSA) is 67.9 Å². The molecule has 6 heteroatoms. The zero-order chi connectivity index (χ0) is 20.4. The van der Waals surface area contributed by atoms with Gasteiger partial charge in [-0.1, -0.05) is 26.0 Å². The number of nitrogens with zero attached hydrogens (tertiary/aromatic N) is 1. The minimum Gasteiger partial charge on any atom is -0.454 e. The highest BCUT2D eigenvalue weighted by Gasteiger charge is 2.28. The summed E-state index contributed by atoms with van der Waals surface area (Å²) >= 11 is 0. The predicted octanol–water partition coefficient (Wildman–Crippen LogP) is 4.03. The van der Waals surface area contributed by atoms with Crippen LogP contribution in [-0.2, 0) is 4.79 Å². The number of piperidine rings is 1. The van der Waals surface area contributed by atoms with Crippen LogP contribution in [0.3, 0.4) is 0 Å². The van der Waals surface area contributed by atoms with Crippen molar-refractivity contribution in [3.8, 4) is 11.5 Å². The molecule has 0 spiro atoms. The number of benzene rings is 2. The van der Waals surface area contributed by atoms with Crippen LogP contribution in [0.5, 0.6) is 11.5 Å². The van der Waals surface area contributed by atoms with Crippen molar-refractivity contribution in [1.82, 2.24) is 4.90 Å². The van der Waals surface area contributed by atoms with E-state index in [4.69, 9.17) is 9.47 Å². The molecule has 2 aliphatic heterocycles. The molecule has 1 fully saturated rings. The van der Waals surface area contributed by atoms with E-state index < -0.39 is 0 Å². The van der Waals surface area contributed by atoms with Gasteiger partial charge in [-0.25, -0.2) is 0 Å². The predicted molar refractivity (Wildman–Crippen MR) is 110 cm³/mol. The number of amides is 2. The molecule has 2 heterocycles. The third kappa shape index (κ3) is 4.21. The molecule has 0 bridgehead atoms. The van der Waals surface area contributed by atoms with Gasteiger partial charge in [0, 0.05) is 30.3 Å². The minimum absolute atomic E-state index is 0.0254. The summed E-state index contributed by atoms with van der Waals surface area (Å²) in [6, 6.07) is 13.2. The van der Waals surface area contributed by atoms with Crippen LogP contribution < -0.4 is 14.8 Å². The van der Waals surface area contributed by atoms with Crippen molar-refractivity contribution in [2.45, 2.75) is 32.6 Å². The van der Waals surface area contributed by atoms with Crippen LogP contribution >= 0.6 is 0 Å². The number of hydrogen-bond donors (Lipinski definition) is 1. The van der Waals surface area contributed by atoms with Crippen LogP contribution in [0.1, 0.15) is 48.5 Å². The first-order valence-corrected chi connectivity index (χ1v) is 10.1. The van der Waals surface area contributed by atoms with E-state index in [0.717, 1.165) is 5.69 Å². The molecule has 2 aromatic carbocycles. The minimum atomic E-state index is -0.0828. The summed E-state index contributed by atoms with van der Waals surface area (Å²) in [5.41, 5.74) is 2.65. The van der Waals surface area contributed by atoms with Crippen LogP contribution in [-0.4, -0.2) is 36.6 Å². The van der Waals surface area contributed by atoms with Gasteiger partial charge in [0.1, 0.15) is 0 Å². The van der Waals surface area contributed by atoms with E-state index in [1.807, 2.05) is 24.3 Å². The van der Waals surface area contributed by atoms with Gasteiger partial charge in [0.2, 0.25) is 12.7 Å². The third-order valence-electron chi connectivity index (χ3n) is 5.62. The number of rotatable bonds is 4. The number of carbonyl (C=O) groups is 2. The van der Waals surface area contributed by atoms with Crippen molar-refractivity contribution in [2.24, 2.45) is 5.92 Å². The second kappa shape index (κ2) is 8.15. The second-order valence-electron chi connectivity index (χ2n) is 7.90. The number of carbonyl (C=O) groups excluding carboxylic acids is 2. The van der Waals surface area contributed by atoms with Gasteiger partial charge >= 0.3 is 0 Å². The van der Waals surface area contributed by atoms with Gasteiger partial charge in [0.15, 0.2) is 11.5 Å². The molecule has 2 aromatic rings. The van der Waals surface area contributed by atoms with Crippen molar-refractivity contribution < 1.29 is 19.1 Å². The number of nitrogens with one attached hydrogen (secondary N) is 1. The highest BCUT2D eigenvalue weighted by atomic mass is 16.7. The highest BCUT2D eigenvalue weighted by molar-refractivity contribution is 5.96. The number of ether oxygens (including phenoxy) is 2. The Labute approximate surface area is 170 Å². The van der Waals surface area contributed by atoms with Crippen molar-refractivity contribution in [1.29, 1.82) is 0 Å². The molecule has 0 aliphatic carbocycles. The van der Waals surface area contributed by atoms with Crippen LogP contribution in [0.4, 0.5) is 5.69 Å². The molecule has 0 radical (unpaired) electrons. The second-order valence-corrected chi connectivity index (χ2v) is 7.90. The Morgan fingerprint density at radius 3 is 2.38 bits per heavy atom. The van der Waals surface area contributed by atoms with Gasteiger partial charge in [-0.3, -0.25) is 9.59 Å². The zero-order valence-electron chi connectivity index (χ0n) is 16.8. The molecule has 2 aliphatic rings. The van der Waals surface area contributed by atoms with Crippen LogP contribution in [0.25, 0.3) is 0 Å². The van der Waals surface area contributed by atoms with Crippen molar-refractivity contribution >= 4 is 17.5 Å². The molecule has 0 aromatic heterocycles. The van der Waals surface area contributed by atoms with Crippen molar-refractivity contribution in [3.63, 3.8) is 0 Å². The molecule has 0 atom stereocenters. The number of anilines is 1. The number of likely N-dealkylation sites (tertiary alicyclic amines) is 1.